The second-order valence-corrected chi connectivity index (χ2v) is 6.41. The van der Waals surface area contributed by atoms with Crippen LogP contribution < -0.4 is 10.2 Å². The molecule has 0 bridgehead atoms. The van der Waals surface area contributed by atoms with Crippen molar-refractivity contribution in [2.45, 2.75) is 26.3 Å². The minimum absolute atomic E-state index is 0.0222. The van der Waals surface area contributed by atoms with Crippen molar-refractivity contribution in [2.75, 3.05) is 24.5 Å². The summed E-state index contributed by atoms with van der Waals surface area (Å²) < 4.78 is 1.84. The summed E-state index contributed by atoms with van der Waals surface area (Å²) in [5, 5.41) is 14.7. The Bertz CT molecular complexity index is 565. The van der Waals surface area contributed by atoms with E-state index in [1.807, 2.05) is 18.5 Å². The van der Waals surface area contributed by atoms with Crippen molar-refractivity contribution < 1.29 is 4.92 Å². The molecular formula is C13H21N5O2. The van der Waals surface area contributed by atoms with Crippen molar-refractivity contribution in [2.24, 2.45) is 18.9 Å². The van der Waals surface area contributed by atoms with Gasteiger partial charge >= 0.3 is 5.82 Å². The molecule has 110 valence electrons. The number of aromatic nitrogens is 2. The number of nitrogens with one attached hydrogen (secondary N) is 1. The van der Waals surface area contributed by atoms with Crippen LogP contribution in [0.1, 0.15) is 19.7 Å². The van der Waals surface area contributed by atoms with Gasteiger partial charge in [-0.3, -0.25) is 4.57 Å². The summed E-state index contributed by atoms with van der Waals surface area (Å²) in [5.74, 6) is 2.38. The van der Waals surface area contributed by atoms with Crippen LogP contribution in [0.2, 0.25) is 0 Å². The lowest BCUT2D eigenvalue weighted by molar-refractivity contribution is -0.388. The molecule has 0 amide bonds. The first-order valence-corrected chi connectivity index (χ1v) is 7.00. The summed E-state index contributed by atoms with van der Waals surface area (Å²) in [4.78, 5) is 17.2. The van der Waals surface area contributed by atoms with Crippen molar-refractivity contribution in [1.82, 2.24) is 14.9 Å². The van der Waals surface area contributed by atoms with Gasteiger partial charge in [-0.15, -0.1) is 0 Å². The van der Waals surface area contributed by atoms with E-state index in [1.165, 1.54) is 0 Å². The van der Waals surface area contributed by atoms with Gasteiger partial charge in [0.2, 0.25) is 11.6 Å². The summed E-state index contributed by atoms with van der Waals surface area (Å²) in [5.41, 5.74) is -0.0981. The minimum atomic E-state index is -0.370. The molecule has 0 spiro atoms. The molecule has 0 radical (unpaired) electrons. The number of fused-ring (bicyclic) bond motifs is 1. The summed E-state index contributed by atoms with van der Waals surface area (Å²) in [6, 6.07) is 0. The van der Waals surface area contributed by atoms with Gasteiger partial charge in [0, 0.05) is 39.1 Å². The van der Waals surface area contributed by atoms with Crippen molar-refractivity contribution in [3.63, 3.8) is 0 Å². The van der Waals surface area contributed by atoms with E-state index < -0.39 is 0 Å². The van der Waals surface area contributed by atoms with E-state index in [0.29, 0.717) is 23.5 Å². The molecule has 2 aliphatic rings. The Morgan fingerprint density at radius 2 is 2.15 bits per heavy atom. The van der Waals surface area contributed by atoms with E-state index in [9.17, 15) is 10.1 Å². The van der Waals surface area contributed by atoms with Gasteiger partial charge in [0.05, 0.1) is 0 Å². The quantitative estimate of drug-likeness (QED) is 0.647. The van der Waals surface area contributed by atoms with E-state index in [-0.39, 0.29) is 16.3 Å². The van der Waals surface area contributed by atoms with Gasteiger partial charge in [-0.05, 0) is 35.6 Å². The van der Waals surface area contributed by atoms with Crippen LogP contribution in [0.5, 0.6) is 0 Å². The summed E-state index contributed by atoms with van der Waals surface area (Å²) >= 11 is 0. The molecule has 20 heavy (non-hydrogen) atoms. The number of imidazole rings is 1. The highest BCUT2D eigenvalue weighted by Gasteiger charge is 2.52. The number of anilines is 1. The van der Waals surface area contributed by atoms with Gasteiger partial charge in [-0.1, -0.05) is 0 Å². The van der Waals surface area contributed by atoms with Crippen LogP contribution in [0.25, 0.3) is 0 Å². The lowest BCUT2D eigenvalue weighted by Gasteiger charge is -2.36. The largest absolute Gasteiger partial charge is 0.406 e. The smallest absolute Gasteiger partial charge is 0.358 e. The SMILES string of the molecule is Cc1nc([N+](=O)[O-])c(N2CC3CNCC3C2(C)C)n1C. The second kappa shape index (κ2) is 4.18. The van der Waals surface area contributed by atoms with Gasteiger partial charge < -0.3 is 20.3 Å². The average Bonchev–Trinajstić information content (AvgIpc) is 2.98. The first-order chi connectivity index (χ1) is 9.34. The molecule has 1 aromatic rings. The zero-order chi connectivity index (χ0) is 14.7. The van der Waals surface area contributed by atoms with E-state index >= 15 is 0 Å². The summed E-state index contributed by atoms with van der Waals surface area (Å²) in [6.07, 6.45) is 0. The fraction of sp³-hybridized carbons (Fsp3) is 0.769. The predicted octanol–water partition coefficient (Wildman–Crippen LogP) is 1.07. The molecule has 1 aromatic heterocycles. The average molecular weight is 279 g/mol. The molecule has 0 aromatic carbocycles. The molecule has 7 heteroatoms. The maximum Gasteiger partial charge on any atom is 0.406 e. The third kappa shape index (κ3) is 1.65. The summed E-state index contributed by atoms with van der Waals surface area (Å²) in [6.45, 7) is 8.99. The Hall–Kier alpha value is -1.63. The van der Waals surface area contributed by atoms with E-state index in [1.54, 1.807) is 0 Å². The lowest BCUT2D eigenvalue weighted by Crippen LogP contribution is -2.45. The molecule has 2 fully saturated rings. The number of hydrogen-bond donors (Lipinski definition) is 1. The third-order valence-electron chi connectivity index (χ3n) is 5.06. The maximum absolute atomic E-state index is 11.3. The highest BCUT2D eigenvalue weighted by Crippen LogP contribution is 2.45. The van der Waals surface area contributed by atoms with E-state index in [2.05, 4.69) is 29.0 Å². The van der Waals surface area contributed by atoms with E-state index in [0.717, 1.165) is 19.6 Å². The van der Waals surface area contributed by atoms with Crippen LogP contribution in [0.4, 0.5) is 11.6 Å². The van der Waals surface area contributed by atoms with Gasteiger partial charge in [0.15, 0.2) is 0 Å². The molecule has 0 saturated carbocycles. The Balaban J connectivity index is 2.08. The van der Waals surface area contributed by atoms with Crippen LogP contribution in [0, 0.1) is 28.9 Å². The van der Waals surface area contributed by atoms with Crippen molar-refractivity contribution in [3.05, 3.63) is 15.9 Å². The predicted molar refractivity (Wildman–Crippen MR) is 75.9 cm³/mol. The number of nitro groups is 1. The standard InChI is InChI=1S/C13H21N5O2/c1-8-15-11(18(19)20)12(16(8)4)17-7-9-5-14-6-10(9)13(17,2)3/h9-10,14H,5-7H2,1-4H3. The zero-order valence-corrected chi connectivity index (χ0v) is 12.4. The topological polar surface area (TPSA) is 76.2 Å². The van der Waals surface area contributed by atoms with Crippen LogP contribution in [0.3, 0.4) is 0 Å². The highest BCUT2D eigenvalue weighted by molar-refractivity contribution is 5.59. The monoisotopic (exact) mass is 279 g/mol. The third-order valence-corrected chi connectivity index (χ3v) is 5.06. The molecule has 2 atom stereocenters. The lowest BCUT2D eigenvalue weighted by atomic mass is 9.85. The molecule has 0 aliphatic carbocycles. The molecular weight excluding hydrogens is 258 g/mol. The molecule has 2 unspecified atom stereocenters. The van der Waals surface area contributed by atoms with Crippen molar-refractivity contribution >= 4 is 11.6 Å². The van der Waals surface area contributed by atoms with Crippen molar-refractivity contribution in [3.8, 4) is 0 Å². The Morgan fingerprint density at radius 3 is 2.75 bits per heavy atom. The minimum Gasteiger partial charge on any atom is -0.358 e. The van der Waals surface area contributed by atoms with Crippen molar-refractivity contribution in [1.29, 1.82) is 0 Å². The number of nitrogens with zero attached hydrogens (tertiary/aromatic N) is 4. The van der Waals surface area contributed by atoms with Crippen LogP contribution in [-0.4, -0.2) is 39.6 Å². The number of hydrogen-bond acceptors (Lipinski definition) is 5. The maximum atomic E-state index is 11.3. The zero-order valence-electron chi connectivity index (χ0n) is 12.4. The summed E-state index contributed by atoms with van der Waals surface area (Å²) in [7, 11) is 1.85. The van der Waals surface area contributed by atoms with Gasteiger partial charge in [-0.25, -0.2) is 0 Å². The molecule has 7 nitrogen and oxygen atoms in total. The van der Waals surface area contributed by atoms with Gasteiger partial charge in [0.1, 0.15) is 0 Å². The fourth-order valence-electron chi connectivity index (χ4n) is 3.79. The van der Waals surface area contributed by atoms with Gasteiger partial charge in [0.25, 0.3) is 0 Å². The van der Waals surface area contributed by atoms with E-state index in [4.69, 9.17) is 0 Å². The number of aryl methyl sites for hydroxylation is 1. The van der Waals surface area contributed by atoms with Crippen LogP contribution >= 0.6 is 0 Å². The molecule has 3 heterocycles. The highest BCUT2D eigenvalue weighted by atomic mass is 16.6. The Labute approximate surface area is 118 Å². The first-order valence-electron chi connectivity index (χ1n) is 7.00. The Kier molecular flexibility index (Phi) is 2.79. The van der Waals surface area contributed by atoms with Gasteiger partial charge in [-0.2, -0.15) is 0 Å². The molecule has 2 aliphatic heterocycles. The van der Waals surface area contributed by atoms with Crippen LogP contribution in [0.15, 0.2) is 0 Å². The molecule has 2 saturated heterocycles. The molecule has 1 N–H and O–H groups in total. The number of rotatable bonds is 2. The first kappa shape index (κ1) is 13.4. The van der Waals surface area contributed by atoms with Crippen LogP contribution in [-0.2, 0) is 7.05 Å². The second-order valence-electron chi connectivity index (χ2n) is 6.41. The normalized spacial score (nSPS) is 27.9. The molecule has 3 rings (SSSR count). The fourth-order valence-corrected chi connectivity index (χ4v) is 3.79. The Morgan fingerprint density at radius 1 is 1.45 bits per heavy atom.